The first-order valence-corrected chi connectivity index (χ1v) is 5.74. The predicted molar refractivity (Wildman–Crippen MR) is 58.3 cm³/mol. The fourth-order valence-corrected chi connectivity index (χ4v) is 2.56. The summed E-state index contributed by atoms with van der Waals surface area (Å²) in [6.45, 7) is 0. The normalized spacial score (nSPS) is 20.4. The van der Waals surface area contributed by atoms with Gasteiger partial charge >= 0.3 is 0 Å². The van der Waals surface area contributed by atoms with E-state index in [1.165, 1.54) is 12.2 Å². The number of nitrogens with one attached hydrogen (secondary N) is 1. The second-order valence-corrected chi connectivity index (χ2v) is 4.40. The summed E-state index contributed by atoms with van der Waals surface area (Å²) in [6.07, 6.45) is 2.80. The molecule has 2 heterocycles. The van der Waals surface area contributed by atoms with Crippen LogP contribution in [0.5, 0.6) is 0 Å². The van der Waals surface area contributed by atoms with Crippen LogP contribution in [0.2, 0.25) is 0 Å². The standard InChI is InChI=1S/C10H11N3S/c11-5-8-1-2-10(12-6-8)13-9-3-4-14-7-9/h1-2,6,9H,3-4,7H2,(H,12,13). The third kappa shape index (κ3) is 2.18. The maximum atomic E-state index is 8.60. The molecule has 1 unspecified atom stereocenters. The van der Waals surface area contributed by atoms with Gasteiger partial charge in [-0.2, -0.15) is 17.0 Å². The number of rotatable bonds is 2. The van der Waals surface area contributed by atoms with E-state index in [1.807, 2.05) is 17.8 Å². The average Bonchev–Trinajstić information content (AvgIpc) is 2.72. The number of hydrogen-bond donors (Lipinski definition) is 1. The van der Waals surface area contributed by atoms with Gasteiger partial charge in [0.2, 0.25) is 0 Å². The van der Waals surface area contributed by atoms with Crippen molar-refractivity contribution >= 4 is 17.6 Å². The van der Waals surface area contributed by atoms with Crippen LogP contribution in [0.4, 0.5) is 5.82 Å². The van der Waals surface area contributed by atoms with Gasteiger partial charge in [0, 0.05) is 18.0 Å². The lowest BCUT2D eigenvalue weighted by Gasteiger charge is -2.11. The van der Waals surface area contributed by atoms with Gasteiger partial charge in [0.15, 0.2) is 0 Å². The van der Waals surface area contributed by atoms with Crippen LogP contribution in [0.25, 0.3) is 0 Å². The van der Waals surface area contributed by atoms with E-state index in [9.17, 15) is 0 Å². The second-order valence-electron chi connectivity index (χ2n) is 3.25. The van der Waals surface area contributed by atoms with E-state index < -0.39 is 0 Å². The molecule has 0 radical (unpaired) electrons. The van der Waals surface area contributed by atoms with Crippen molar-refractivity contribution < 1.29 is 0 Å². The molecule has 1 saturated heterocycles. The number of pyridine rings is 1. The number of anilines is 1. The van der Waals surface area contributed by atoms with E-state index in [1.54, 1.807) is 12.3 Å². The summed E-state index contributed by atoms with van der Waals surface area (Å²) in [5.41, 5.74) is 0.608. The zero-order chi connectivity index (χ0) is 9.80. The van der Waals surface area contributed by atoms with Crippen molar-refractivity contribution in [1.29, 1.82) is 5.26 Å². The highest BCUT2D eigenvalue weighted by atomic mass is 32.2. The molecular formula is C10H11N3S. The number of aromatic nitrogens is 1. The summed E-state index contributed by atoms with van der Waals surface area (Å²) in [4.78, 5) is 4.17. The quantitative estimate of drug-likeness (QED) is 0.800. The van der Waals surface area contributed by atoms with Crippen molar-refractivity contribution in [2.24, 2.45) is 0 Å². The van der Waals surface area contributed by atoms with E-state index >= 15 is 0 Å². The summed E-state index contributed by atoms with van der Waals surface area (Å²) >= 11 is 1.97. The maximum absolute atomic E-state index is 8.60. The van der Waals surface area contributed by atoms with Crippen molar-refractivity contribution in [3.8, 4) is 6.07 Å². The van der Waals surface area contributed by atoms with Crippen LogP contribution in [0, 0.1) is 11.3 Å². The molecule has 0 bridgehead atoms. The molecule has 1 fully saturated rings. The largest absolute Gasteiger partial charge is 0.366 e. The molecule has 0 saturated carbocycles. The van der Waals surface area contributed by atoms with Crippen molar-refractivity contribution in [2.75, 3.05) is 16.8 Å². The van der Waals surface area contributed by atoms with Crippen LogP contribution >= 0.6 is 11.8 Å². The lowest BCUT2D eigenvalue weighted by Crippen LogP contribution is -2.18. The van der Waals surface area contributed by atoms with Crippen molar-refractivity contribution in [3.63, 3.8) is 0 Å². The molecule has 1 aromatic heterocycles. The Labute approximate surface area is 87.5 Å². The fraction of sp³-hybridized carbons (Fsp3) is 0.400. The molecule has 1 aliphatic rings. The summed E-state index contributed by atoms with van der Waals surface area (Å²) in [5.74, 6) is 3.26. The van der Waals surface area contributed by atoms with Gasteiger partial charge in [-0.1, -0.05) is 0 Å². The zero-order valence-electron chi connectivity index (χ0n) is 7.73. The lowest BCUT2D eigenvalue weighted by atomic mass is 10.2. The molecule has 4 heteroatoms. The zero-order valence-corrected chi connectivity index (χ0v) is 8.55. The topological polar surface area (TPSA) is 48.7 Å². The minimum absolute atomic E-state index is 0.542. The molecule has 0 aromatic carbocycles. The Morgan fingerprint density at radius 3 is 3.07 bits per heavy atom. The van der Waals surface area contributed by atoms with Gasteiger partial charge in [-0.3, -0.25) is 0 Å². The number of hydrogen-bond acceptors (Lipinski definition) is 4. The highest BCUT2D eigenvalue weighted by molar-refractivity contribution is 7.99. The van der Waals surface area contributed by atoms with Gasteiger partial charge < -0.3 is 5.32 Å². The average molecular weight is 205 g/mol. The lowest BCUT2D eigenvalue weighted by molar-refractivity contribution is 0.807. The first kappa shape index (κ1) is 9.35. The van der Waals surface area contributed by atoms with Gasteiger partial charge in [0.05, 0.1) is 5.56 Å². The minimum atomic E-state index is 0.542. The first-order valence-electron chi connectivity index (χ1n) is 4.59. The molecule has 1 aliphatic heterocycles. The van der Waals surface area contributed by atoms with Crippen LogP contribution in [0.15, 0.2) is 18.3 Å². The third-order valence-electron chi connectivity index (χ3n) is 2.17. The van der Waals surface area contributed by atoms with Gasteiger partial charge in [0.1, 0.15) is 11.9 Å². The monoisotopic (exact) mass is 205 g/mol. The van der Waals surface area contributed by atoms with E-state index in [4.69, 9.17) is 5.26 Å². The summed E-state index contributed by atoms with van der Waals surface area (Å²) in [7, 11) is 0. The molecule has 1 atom stereocenters. The highest BCUT2D eigenvalue weighted by Crippen LogP contribution is 2.20. The minimum Gasteiger partial charge on any atom is -0.366 e. The molecule has 2 rings (SSSR count). The van der Waals surface area contributed by atoms with E-state index in [-0.39, 0.29) is 0 Å². The Kier molecular flexibility index (Phi) is 2.90. The predicted octanol–water partition coefficient (Wildman–Crippen LogP) is 1.87. The Morgan fingerprint density at radius 1 is 1.57 bits per heavy atom. The van der Waals surface area contributed by atoms with Crippen LogP contribution in [0.1, 0.15) is 12.0 Å². The number of nitriles is 1. The number of nitrogens with zero attached hydrogens (tertiary/aromatic N) is 2. The Balaban J connectivity index is 1.99. The van der Waals surface area contributed by atoms with Crippen LogP contribution in [-0.2, 0) is 0 Å². The molecule has 0 aliphatic carbocycles. The van der Waals surface area contributed by atoms with Crippen molar-refractivity contribution in [2.45, 2.75) is 12.5 Å². The van der Waals surface area contributed by atoms with Crippen molar-refractivity contribution in [1.82, 2.24) is 4.98 Å². The Bertz CT molecular complexity index is 335. The van der Waals surface area contributed by atoms with Gasteiger partial charge in [0.25, 0.3) is 0 Å². The summed E-state index contributed by atoms with van der Waals surface area (Å²) in [5, 5.41) is 11.9. The van der Waals surface area contributed by atoms with Gasteiger partial charge in [-0.05, 0) is 24.3 Å². The Hall–Kier alpha value is -1.21. The smallest absolute Gasteiger partial charge is 0.126 e. The molecular weight excluding hydrogens is 194 g/mol. The van der Waals surface area contributed by atoms with Crippen molar-refractivity contribution in [3.05, 3.63) is 23.9 Å². The van der Waals surface area contributed by atoms with Crippen LogP contribution in [-0.4, -0.2) is 22.5 Å². The molecule has 1 N–H and O–H groups in total. The first-order chi connectivity index (χ1) is 6.88. The molecule has 3 nitrogen and oxygen atoms in total. The third-order valence-corrected chi connectivity index (χ3v) is 3.34. The fourth-order valence-electron chi connectivity index (χ4n) is 1.40. The molecule has 0 spiro atoms. The van der Waals surface area contributed by atoms with E-state index in [0.29, 0.717) is 11.6 Å². The molecule has 1 aromatic rings. The van der Waals surface area contributed by atoms with E-state index in [0.717, 1.165) is 11.6 Å². The van der Waals surface area contributed by atoms with Crippen LogP contribution in [0.3, 0.4) is 0 Å². The summed E-state index contributed by atoms with van der Waals surface area (Å²) in [6, 6.07) is 6.25. The molecule has 14 heavy (non-hydrogen) atoms. The maximum Gasteiger partial charge on any atom is 0.126 e. The molecule has 72 valence electrons. The van der Waals surface area contributed by atoms with E-state index in [2.05, 4.69) is 16.4 Å². The second kappa shape index (κ2) is 4.34. The van der Waals surface area contributed by atoms with Gasteiger partial charge in [-0.25, -0.2) is 4.98 Å². The SMILES string of the molecule is N#Cc1ccc(NC2CCSC2)nc1. The summed E-state index contributed by atoms with van der Waals surface area (Å²) < 4.78 is 0. The highest BCUT2D eigenvalue weighted by Gasteiger charge is 2.14. The van der Waals surface area contributed by atoms with Crippen LogP contribution < -0.4 is 5.32 Å². The molecule has 0 amide bonds. The van der Waals surface area contributed by atoms with Gasteiger partial charge in [-0.15, -0.1) is 0 Å². The Morgan fingerprint density at radius 2 is 2.50 bits per heavy atom. The number of thioether (sulfide) groups is 1.